The number of aryl methyl sites for hydroxylation is 2. The van der Waals surface area contributed by atoms with Gasteiger partial charge in [0.1, 0.15) is 10.8 Å². The Balaban J connectivity index is 2.04. The van der Waals surface area contributed by atoms with Crippen LogP contribution < -0.4 is 10.6 Å². The average Bonchev–Trinajstić information content (AvgIpc) is 2.80. The van der Waals surface area contributed by atoms with Crippen molar-refractivity contribution in [1.29, 1.82) is 0 Å². The molecule has 0 saturated carbocycles. The summed E-state index contributed by atoms with van der Waals surface area (Å²) in [5.41, 5.74) is 9.30. The molecule has 3 rings (SSSR count). The lowest BCUT2D eigenvalue weighted by atomic mass is 10.1. The van der Waals surface area contributed by atoms with Crippen molar-refractivity contribution < 1.29 is 5.11 Å². The SMILES string of the molecule is NC(=S)c1cc2c(nc1N1CCCCCC1CO)CCC2. The minimum absolute atomic E-state index is 0.132. The molecule has 1 saturated heterocycles. The van der Waals surface area contributed by atoms with Gasteiger partial charge in [-0.1, -0.05) is 25.1 Å². The van der Waals surface area contributed by atoms with E-state index in [0.29, 0.717) is 4.99 Å². The highest BCUT2D eigenvalue weighted by molar-refractivity contribution is 7.80. The fourth-order valence-corrected chi connectivity index (χ4v) is 3.66. The molecule has 0 aromatic carbocycles. The van der Waals surface area contributed by atoms with E-state index in [1.165, 1.54) is 17.7 Å². The van der Waals surface area contributed by atoms with Gasteiger partial charge in [0, 0.05) is 12.2 Å². The van der Waals surface area contributed by atoms with Crippen LogP contribution in [0.15, 0.2) is 6.07 Å². The molecule has 0 radical (unpaired) electrons. The van der Waals surface area contributed by atoms with Gasteiger partial charge >= 0.3 is 0 Å². The fourth-order valence-electron chi connectivity index (χ4n) is 3.51. The third-order valence-corrected chi connectivity index (χ3v) is 4.88. The Labute approximate surface area is 131 Å². The van der Waals surface area contributed by atoms with Crippen molar-refractivity contribution in [3.63, 3.8) is 0 Å². The van der Waals surface area contributed by atoms with Crippen molar-refractivity contribution in [2.24, 2.45) is 5.73 Å². The van der Waals surface area contributed by atoms with Crippen LogP contribution in [0.25, 0.3) is 0 Å². The van der Waals surface area contributed by atoms with E-state index in [0.717, 1.165) is 56.5 Å². The molecule has 0 spiro atoms. The van der Waals surface area contributed by atoms with Crippen molar-refractivity contribution >= 4 is 23.0 Å². The molecule has 1 atom stereocenters. The summed E-state index contributed by atoms with van der Waals surface area (Å²) in [6.07, 6.45) is 7.78. The van der Waals surface area contributed by atoms with Crippen molar-refractivity contribution in [1.82, 2.24) is 4.98 Å². The lowest BCUT2D eigenvalue weighted by Crippen LogP contribution is -2.39. The minimum Gasteiger partial charge on any atom is -0.394 e. The second-order valence-corrected chi connectivity index (χ2v) is 6.50. The first kappa shape index (κ1) is 14.7. The van der Waals surface area contributed by atoms with Crippen LogP contribution in [0.3, 0.4) is 0 Å². The maximum absolute atomic E-state index is 9.74. The topological polar surface area (TPSA) is 62.4 Å². The molecule has 1 aliphatic heterocycles. The zero-order valence-corrected chi connectivity index (χ0v) is 13.2. The first-order chi connectivity index (χ1) is 10.2. The summed E-state index contributed by atoms with van der Waals surface area (Å²) in [6, 6.07) is 2.26. The molecule has 3 N–H and O–H groups in total. The molecular formula is C16H23N3OS. The van der Waals surface area contributed by atoms with E-state index in [1.54, 1.807) is 0 Å². The zero-order chi connectivity index (χ0) is 14.8. The maximum atomic E-state index is 9.74. The first-order valence-corrected chi connectivity index (χ1v) is 8.31. The summed E-state index contributed by atoms with van der Waals surface area (Å²) in [5.74, 6) is 0.893. The summed E-state index contributed by atoms with van der Waals surface area (Å²) in [5, 5.41) is 9.74. The quantitative estimate of drug-likeness (QED) is 0.836. The second-order valence-electron chi connectivity index (χ2n) is 6.06. The zero-order valence-electron chi connectivity index (χ0n) is 12.3. The van der Waals surface area contributed by atoms with Crippen LogP contribution in [0.2, 0.25) is 0 Å². The van der Waals surface area contributed by atoms with Gasteiger partial charge in [0.15, 0.2) is 0 Å². The smallest absolute Gasteiger partial charge is 0.139 e. The van der Waals surface area contributed by atoms with Gasteiger partial charge in [-0.25, -0.2) is 4.98 Å². The van der Waals surface area contributed by atoms with Crippen LogP contribution in [0.1, 0.15) is 48.9 Å². The Bertz CT molecular complexity index is 547. The van der Waals surface area contributed by atoms with E-state index in [1.807, 2.05) is 0 Å². The summed E-state index contributed by atoms with van der Waals surface area (Å²) >= 11 is 5.25. The predicted molar refractivity (Wildman–Crippen MR) is 88.8 cm³/mol. The van der Waals surface area contributed by atoms with Gasteiger partial charge in [-0.15, -0.1) is 0 Å². The molecular weight excluding hydrogens is 282 g/mol. The van der Waals surface area contributed by atoms with Crippen LogP contribution in [0, 0.1) is 0 Å². The van der Waals surface area contributed by atoms with E-state index >= 15 is 0 Å². The van der Waals surface area contributed by atoms with Gasteiger partial charge in [-0.2, -0.15) is 0 Å². The minimum atomic E-state index is 0.132. The summed E-state index contributed by atoms with van der Waals surface area (Å²) in [7, 11) is 0. The second kappa shape index (κ2) is 6.28. The number of nitrogens with two attached hydrogens (primary N) is 1. The highest BCUT2D eigenvalue weighted by atomic mass is 32.1. The van der Waals surface area contributed by atoms with Crippen molar-refractivity contribution in [3.8, 4) is 0 Å². The van der Waals surface area contributed by atoms with E-state index in [2.05, 4.69) is 11.0 Å². The lowest BCUT2D eigenvalue weighted by Gasteiger charge is -2.31. The third kappa shape index (κ3) is 2.90. The Hall–Kier alpha value is -1.20. The van der Waals surface area contributed by atoms with Gasteiger partial charge < -0.3 is 15.7 Å². The van der Waals surface area contributed by atoms with E-state index in [4.69, 9.17) is 22.9 Å². The summed E-state index contributed by atoms with van der Waals surface area (Å²) in [4.78, 5) is 7.53. The number of nitrogens with zero attached hydrogens (tertiary/aromatic N) is 2. The van der Waals surface area contributed by atoms with Crippen LogP contribution in [0.5, 0.6) is 0 Å². The van der Waals surface area contributed by atoms with Crippen molar-refractivity contribution in [3.05, 3.63) is 22.9 Å². The summed E-state index contributed by atoms with van der Waals surface area (Å²) in [6.45, 7) is 1.09. The number of fused-ring (bicyclic) bond motifs is 1. The number of anilines is 1. The monoisotopic (exact) mass is 305 g/mol. The largest absolute Gasteiger partial charge is 0.394 e. The normalized spacial score (nSPS) is 22.0. The molecule has 1 aromatic heterocycles. The Morgan fingerprint density at radius 3 is 2.95 bits per heavy atom. The molecule has 2 heterocycles. The van der Waals surface area contributed by atoms with Gasteiger partial charge in [-0.05, 0) is 43.7 Å². The third-order valence-electron chi connectivity index (χ3n) is 4.66. The van der Waals surface area contributed by atoms with Gasteiger partial charge in [0.25, 0.3) is 0 Å². The fraction of sp³-hybridized carbons (Fsp3) is 0.625. The summed E-state index contributed by atoms with van der Waals surface area (Å²) < 4.78 is 0. The number of rotatable bonds is 3. The highest BCUT2D eigenvalue weighted by Crippen LogP contribution is 2.30. The molecule has 4 nitrogen and oxygen atoms in total. The number of hydrogen-bond donors (Lipinski definition) is 2. The molecule has 114 valence electrons. The van der Waals surface area contributed by atoms with Gasteiger partial charge in [0.2, 0.25) is 0 Å². The lowest BCUT2D eigenvalue weighted by molar-refractivity contribution is 0.254. The van der Waals surface area contributed by atoms with Crippen molar-refractivity contribution in [2.45, 2.75) is 51.0 Å². The number of pyridine rings is 1. The van der Waals surface area contributed by atoms with E-state index < -0.39 is 0 Å². The van der Waals surface area contributed by atoms with Gasteiger partial charge in [0.05, 0.1) is 18.2 Å². The molecule has 0 bridgehead atoms. The molecule has 1 aliphatic carbocycles. The maximum Gasteiger partial charge on any atom is 0.139 e. The van der Waals surface area contributed by atoms with Crippen molar-refractivity contribution in [2.75, 3.05) is 18.1 Å². The van der Waals surface area contributed by atoms with E-state index in [9.17, 15) is 5.11 Å². The average molecular weight is 305 g/mol. The number of thiocarbonyl (C=S) groups is 1. The van der Waals surface area contributed by atoms with Gasteiger partial charge in [-0.3, -0.25) is 0 Å². The molecule has 1 fully saturated rings. The Morgan fingerprint density at radius 1 is 1.33 bits per heavy atom. The van der Waals surface area contributed by atoms with Crippen LogP contribution in [-0.2, 0) is 12.8 Å². The molecule has 1 aromatic rings. The first-order valence-electron chi connectivity index (χ1n) is 7.91. The number of hydrogen-bond acceptors (Lipinski definition) is 4. The van der Waals surface area contributed by atoms with Crippen LogP contribution in [-0.4, -0.2) is 34.3 Å². The van der Waals surface area contributed by atoms with Crippen LogP contribution >= 0.6 is 12.2 Å². The van der Waals surface area contributed by atoms with E-state index in [-0.39, 0.29) is 12.6 Å². The number of aliphatic hydroxyl groups excluding tert-OH is 1. The predicted octanol–water partition coefficient (Wildman–Crippen LogP) is 1.95. The van der Waals surface area contributed by atoms with Crippen LogP contribution in [0.4, 0.5) is 5.82 Å². The molecule has 0 amide bonds. The number of aliphatic hydroxyl groups is 1. The molecule has 5 heteroatoms. The Morgan fingerprint density at radius 2 is 2.19 bits per heavy atom. The standard InChI is InChI=1S/C16H23N3OS/c17-15(21)13-9-11-5-4-7-14(11)18-16(13)19-8-3-1-2-6-12(19)10-20/h9,12,20H,1-8,10H2,(H2,17,21). The highest BCUT2D eigenvalue weighted by Gasteiger charge is 2.26. The Kier molecular flexibility index (Phi) is 4.40. The molecule has 21 heavy (non-hydrogen) atoms. The molecule has 2 aliphatic rings. The number of aromatic nitrogens is 1. The molecule has 1 unspecified atom stereocenters.